The van der Waals surface area contributed by atoms with Crippen LogP contribution >= 0.6 is 11.3 Å². The fourth-order valence-corrected chi connectivity index (χ4v) is 3.73. The summed E-state index contributed by atoms with van der Waals surface area (Å²) in [6, 6.07) is 15.2. The van der Waals surface area contributed by atoms with Gasteiger partial charge in [0.2, 0.25) is 11.7 Å². The van der Waals surface area contributed by atoms with E-state index >= 15 is 0 Å². The van der Waals surface area contributed by atoms with Gasteiger partial charge in [-0.2, -0.15) is 0 Å². The number of hydrogen-bond donors (Lipinski definition) is 2. The van der Waals surface area contributed by atoms with Gasteiger partial charge in [-0.25, -0.2) is 4.98 Å². The molecule has 3 aromatic rings. The predicted octanol–water partition coefficient (Wildman–Crippen LogP) is 2.98. The molecule has 8 heteroatoms. The summed E-state index contributed by atoms with van der Waals surface area (Å²) in [5.74, 6) is 0.0434. The summed E-state index contributed by atoms with van der Waals surface area (Å²) < 4.78 is 5.18. The van der Waals surface area contributed by atoms with E-state index in [0.717, 1.165) is 11.3 Å². The number of amides is 1. The van der Waals surface area contributed by atoms with E-state index in [1.807, 2.05) is 6.07 Å². The molecule has 0 aliphatic carbocycles. The fourth-order valence-electron chi connectivity index (χ4n) is 2.68. The zero-order chi connectivity index (χ0) is 20.3. The molecule has 0 saturated carbocycles. The molecule has 1 heterocycles. The maximum absolute atomic E-state index is 12.8. The molecule has 28 heavy (non-hydrogen) atoms. The van der Waals surface area contributed by atoms with Gasteiger partial charge < -0.3 is 21.1 Å². The first-order valence-corrected chi connectivity index (χ1v) is 9.32. The molecule has 0 spiro atoms. The highest BCUT2D eigenvalue weighted by molar-refractivity contribution is 7.18. The standard InChI is InChI=1S/C20H20N4O3S/c1-12(19(22)26)24(14-8-10-15(27-2)11-9-14)20-23-18(21)17(28-20)16(25)13-6-4-3-5-7-13/h3-12H,21H2,1-2H3,(H2,22,26). The Kier molecular flexibility index (Phi) is 5.60. The van der Waals surface area contributed by atoms with Gasteiger partial charge in [-0.15, -0.1) is 0 Å². The number of primary amides is 1. The van der Waals surface area contributed by atoms with E-state index in [9.17, 15) is 9.59 Å². The molecule has 3 rings (SSSR count). The van der Waals surface area contributed by atoms with Crippen LogP contribution in [0.5, 0.6) is 5.75 Å². The molecule has 1 amide bonds. The molecule has 1 aromatic heterocycles. The minimum Gasteiger partial charge on any atom is -0.497 e. The lowest BCUT2D eigenvalue weighted by Gasteiger charge is -2.26. The van der Waals surface area contributed by atoms with Gasteiger partial charge in [0.1, 0.15) is 22.5 Å². The second kappa shape index (κ2) is 8.10. The Morgan fingerprint density at radius 1 is 1.11 bits per heavy atom. The number of benzene rings is 2. The van der Waals surface area contributed by atoms with Crippen molar-refractivity contribution < 1.29 is 14.3 Å². The monoisotopic (exact) mass is 396 g/mol. The van der Waals surface area contributed by atoms with Gasteiger partial charge in [0.05, 0.1) is 7.11 Å². The highest BCUT2D eigenvalue weighted by Gasteiger charge is 2.27. The summed E-state index contributed by atoms with van der Waals surface area (Å²) in [7, 11) is 1.57. The maximum Gasteiger partial charge on any atom is 0.240 e. The van der Waals surface area contributed by atoms with Crippen LogP contribution in [-0.4, -0.2) is 29.8 Å². The molecule has 1 unspecified atom stereocenters. The number of nitrogens with two attached hydrogens (primary N) is 2. The van der Waals surface area contributed by atoms with Gasteiger partial charge in [0.15, 0.2) is 5.13 Å². The van der Waals surface area contributed by atoms with E-state index in [1.165, 1.54) is 0 Å². The fraction of sp³-hybridized carbons (Fsp3) is 0.150. The van der Waals surface area contributed by atoms with Gasteiger partial charge >= 0.3 is 0 Å². The second-order valence-corrected chi connectivity index (χ2v) is 7.03. The topological polar surface area (TPSA) is 112 Å². The molecule has 0 radical (unpaired) electrons. The molecular formula is C20H20N4O3S. The first-order chi connectivity index (χ1) is 13.4. The number of rotatable bonds is 7. The number of nitrogens with zero attached hydrogens (tertiary/aromatic N) is 2. The molecule has 0 bridgehead atoms. The van der Waals surface area contributed by atoms with E-state index in [4.69, 9.17) is 16.2 Å². The van der Waals surface area contributed by atoms with Crippen LogP contribution in [0.2, 0.25) is 0 Å². The summed E-state index contributed by atoms with van der Waals surface area (Å²) in [6.07, 6.45) is 0. The van der Waals surface area contributed by atoms with Gasteiger partial charge in [-0.3, -0.25) is 9.59 Å². The Hall–Kier alpha value is -3.39. The van der Waals surface area contributed by atoms with Crippen LogP contribution in [0.15, 0.2) is 54.6 Å². The zero-order valence-corrected chi connectivity index (χ0v) is 16.3. The van der Waals surface area contributed by atoms with Crippen molar-refractivity contribution in [1.82, 2.24) is 4.98 Å². The number of carbonyl (C=O) groups is 2. The van der Waals surface area contributed by atoms with E-state index in [2.05, 4.69) is 4.98 Å². The summed E-state index contributed by atoms with van der Waals surface area (Å²) in [5, 5.41) is 0.410. The Balaban J connectivity index is 2.03. The summed E-state index contributed by atoms with van der Waals surface area (Å²) >= 11 is 1.12. The first kappa shape index (κ1) is 19.4. The molecule has 4 N–H and O–H groups in total. The third-order valence-corrected chi connectivity index (χ3v) is 5.31. The van der Waals surface area contributed by atoms with Crippen molar-refractivity contribution in [2.45, 2.75) is 13.0 Å². The molecule has 7 nitrogen and oxygen atoms in total. The number of nitrogen functional groups attached to an aromatic ring is 1. The van der Waals surface area contributed by atoms with Crippen molar-refractivity contribution in [3.05, 3.63) is 65.0 Å². The van der Waals surface area contributed by atoms with Gasteiger partial charge in [-0.05, 0) is 31.2 Å². The minimum atomic E-state index is -0.696. The molecule has 0 aliphatic heterocycles. The average molecular weight is 396 g/mol. The minimum absolute atomic E-state index is 0.115. The number of carbonyl (C=O) groups excluding carboxylic acids is 2. The third-order valence-electron chi connectivity index (χ3n) is 4.24. The van der Waals surface area contributed by atoms with Crippen LogP contribution in [-0.2, 0) is 4.79 Å². The number of anilines is 3. The average Bonchev–Trinajstić information content (AvgIpc) is 3.09. The van der Waals surface area contributed by atoms with Crippen LogP contribution in [0.3, 0.4) is 0 Å². The number of methoxy groups -OCH3 is 1. The van der Waals surface area contributed by atoms with E-state index in [0.29, 0.717) is 27.0 Å². The number of thiazole rings is 1. The SMILES string of the molecule is COc1ccc(N(c2nc(N)c(C(=O)c3ccccc3)s2)C(C)C(N)=O)cc1. The number of aromatic nitrogens is 1. The molecule has 0 saturated heterocycles. The molecule has 2 aromatic carbocycles. The molecule has 144 valence electrons. The Bertz CT molecular complexity index is 986. The van der Waals surface area contributed by atoms with E-state index in [-0.39, 0.29) is 11.6 Å². The Morgan fingerprint density at radius 2 is 1.75 bits per heavy atom. The van der Waals surface area contributed by atoms with Gasteiger partial charge in [0, 0.05) is 11.3 Å². The van der Waals surface area contributed by atoms with E-state index < -0.39 is 11.9 Å². The first-order valence-electron chi connectivity index (χ1n) is 8.51. The lowest BCUT2D eigenvalue weighted by molar-refractivity contribution is -0.118. The number of ether oxygens (including phenoxy) is 1. The molecular weight excluding hydrogens is 376 g/mol. The normalized spacial score (nSPS) is 11.6. The number of ketones is 1. The van der Waals surface area contributed by atoms with Crippen LogP contribution in [0, 0.1) is 0 Å². The van der Waals surface area contributed by atoms with Crippen molar-refractivity contribution >= 4 is 39.7 Å². The van der Waals surface area contributed by atoms with Crippen molar-refractivity contribution in [2.75, 3.05) is 17.7 Å². The molecule has 1 atom stereocenters. The predicted molar refractivity (Wildman–Crippen MR) is 110 cm³/mol. The maximum atomic E-state index is 12.8. The Morgan fingerprint density at radius 3 is 2.32 bits per heavy atom. The van der Waals surface area contributed by atoms with Gasteiger partial charge in [-0.1, -0.05) is 41.7 Å². The van der Waals surface area contributed by atoms with Crippen molar-refractivity contribution in [3.63, 3.8) is 0 Å². The van der Waals surface area contributed by atoms with Crippen LogP contribution < -0.4 is 21.1 Å². The summed E-state index contributed by atoms with van der Waals surface area (Å²) in [5.41, 5.74) is 12.8. The van der Waals surface area contributed by atoms with Crippen LogP contribution in [0.1, 0.15) is 22.2 Å². The van der Waals surface area contributed by atoms with Crippen molar-refractivity contribution in [3.8, 4) is 5.75 Å². The summed E-state index contributed by atoms with van der Waals surface area (Å²) in [4.78, 5) is 31.0. The smallest absolute Gasteiger partial charge is 0.240 e. The third kappa shape index (κ3) is 3.81. The van der Waals surface area contributed by atoms with Gasteiger partial charge in [0.25, 0.3) is 0 Å². The second-order valence-electron chi connectivity index (χ2n) is 6.05. The number of hydrogen-bond acceptors (Lipinski definition) is 7. The lowest BCUT2D eigenvalue weighted by atomic mass is 10.1. The van der Waals surface area contributed by atoms with E-state index in [1.54, 1.807) is 67.5 Å². The highest BCUT2D eigenvalue weighted by atomic mass is 32.1. The van der Waals surface area contributed by atoms with Crippen molar-refractivity contribution in [1.29, 1.82) is 0 Å². The Labute approximate surface area is 166 Å². The largest absolute Gasteiger partial charge is 0.497 e. The van der Waals surface area contributed by atoms with Crippen LogP contribution in [0.4, 0.5) is 16.6 Å². The van der Waals surface area contributed by atoms with Crippen LogP contribution in [0.25, 0.3) is 0 Å². The molecule has 0 fully saturated rings. The lowest BCUT2D eigenvalue weighted by Crippen LogP contribution is -2.39. The highest BCUT2D eigenvalue weighted by Crippen LogP contribution is 2.36. The zero-order valence-electron chi connectivity index (χ0n) is 15.5. The molecule has 0 aliphatic rings. The summed E-state index contributed by atoms with van der Waals surface area (Å²) in [6.45, 7) is 1.67. The van der Waals surface area contributed by atoms with Crippen molar-refractivity contribution in [2.24, 2.45) is 5.73 Å². The quantitative estimate of drug-likeness (QED) is 0.594.